The molecule has 5 nitrogen and oxygen atoms in total. The van der Waals surface area contributed by atoms with Gasteiger partial charge < -0.3 is 15.6 Å². The molecule has 14 heavy (non-hydrogen) atoms. The van der Waals surface area contributed by atoms with Gasteiger partial charge in [0, 0.05) is 0 Å². The maximum absolute atomic E-state index is 10.9. The first-order chi connectivity index (χ1) is 6.57. The number of rotatable bonds is 3. The summed E-state index contributed by atoms with van der Waals surface area (Å²) in [5, 5.41) is 8.84. The number of methoxy groups -OCH3 is 1. The highest BCUT2D eigenvalue weighted by Gasteiger charge is 2.18. The van der Waals surface area contributed by atoms with Crippen molar-refractivity contribution >= 4 is 11.9 Å². The van der Waals surface area contributed by atoms with E-state index in [4.69, 9.17) is 15.6 Å². The number of carbonyl (C=O) groups is 2. The van der Waals surface area contributed by atoms with Gasteiger partial charge in [-0.1, -0.05) is 6.07 Å². The Labute approximate surface area is 80.1 Å². The Bertz CT molecular complexity index is 386. The van der Waals surface area contributed by atoms with Crippen molar-refractivity contribution in [2.24, 2.45) is 5.73 Å². The molecule has 0 saturated heterocycles. The summed E-state index contributed by atoms with van der Waals surface area (Å²) >= 11 is 0. The smallest absolute Gasteiger partial charge is 0.340 e. The molecule has 0 saturated carbocycles. The molecule has 0 heterocycles. The molecule has 0 fully saturated rings. The molecule has 74 valence electrons. The van der Waals surface area contributed by atoms with Crippen LogP contribution in [0.25, 0.3) is 0 Å². The number of nitrogens with two attached hydrogens (primary N) is 1. The molecule has 3 N–H and O–H groups in total. The van der Waals surface area contributed by atoms with Crippen LogP contribution in [-0.2, 0) is 0 Å². The Kier molecular flexibility index (Phi) is 2.71. The predicted octanol–water partition coefficient (Wildman–Crippen LogP) is 0.492. The average Bonchev–Trinajstić information content (AvgIpc) is 2.16. The SMILES string of the molecule is COc1cccc(C(N)=O)c1C(=O)O. The number of primary amides is 1. The van der Waals surface area contributed by atoms with E-state index in [9.17, 15) is 9.59 Å². The fourth-order valence-electron chi connectivity index (χ4n) is 1.13. The van der Waals surface area contributed by atoms with Gasteiger partial charge in [-0.25, -0.2) is 4.79 Å². The van der Waals surface area contributed by atoms with Crippen LogP contribution in [0.4, 0.5) is 0 Å². The third-order valence-corrected chi connectivity index (χ3v) is 1.73. The molecule has 0 aliphatic heterocycles. The number of aromatic carboxylic acids is 1. The zero-order valence-corrected chi connectivity index (χ0v) is 7.48. The standard InChI is InChI=1S/C9H9NO4/c1-14-6-4-2-3-5(8(10)11)7(6)9(12)13/h2-4H,1H3,(H2,10,11)(H,12,13). The van der Waals surface area contributed by atoms with Crippen molar-refractivity contribution in [1.29, 1.82) is 0 Å². The van der Waals surface area contributed by atoms with E-state index in [2.05, 4.69) is 0 Å². The van der Waals surface area contributed by atoms with Crippen LogP contribution in [0.2, 0.25) is 0 Å². The minimum atomic E-state index is -1.24. The van der Waals surface area contributed by atoms with Gasteiger partial charge in [0.15, 0.2) is 0 Å². The lowest BCUT2D eigenvalue weighted by atomic mass is 10.1. The van der Waals surface area contributed by atoms with E-state index < -0.39 is 11.9 Å². The first-order valence-corrected chi connectivity index (χ1v) is 3.78. The van der Waals surface area contributed by atoms with Gasteiger partial charge in [0.05, 0.1) is 12.7 Å². The van der Waals surface area contributed by atoms with Gasteiger partial charge in [-0.05, 0) is 12.1 Å². The molecular formula is C9H9NO4. The second-order valence-corrected chi connectivity index (χ2v) is 2.55. The number of amides is 1. The second-order valence-electron chi connectivity index (χ2n) is 2.55. The summed E-state index contributed by atoms with van der Waals surface area (Å²) in [5.41, 5.74) is 4.75. The number of carbonyl (C=O) groups excluding carboxylic acids is 1. The molecule has 1 rings (SSSR count). The minimum absolute atomic E-state index is 0.0585. The average molecular weight is 195 g/mol. The molecule has 0 atom stereocenters. The fourth-order valence-corrected chi connectivity index (χ4v) is 1.13. The molecule has 0 unspecified atom stereocenters. The molecule has 0 aliphatic carbocycles. The zero-order chi connectivity index (χ0) is 10.7. The molecule has 0 spiro atoms. The molecule has 1 aromatic rings. The van der Waals surface area contributed by atoms with Crippen LogP contribution in [0.3, 0.4) is 0 Å². The Morgan fingerprint density at radius 3 is 2.50 bits per heavy atom. The van der Waals surface area contributed by atoms with Gasteiger partial charge in [-0.15, -0.1) is 0 Å². The van der Waals surface area contributed by atoms with Gasteiger partial charge in [0.25, 0.3) is 0 Å². The predicted molar refractivity (Wildman–Crippen MR) is 48.5 cm³/mol. The van der Waals surface area contributed by atoms with Gasteiger partial charge in [0.1, 0.15) is 11.3 Å². The Balaban J connectivity index is 3.43. The highest BCUT2D eigenvalue weighted by molar-refractivity contribution is 6.05. The van der Waals surface area contributed by atoms with Crippen molar-refractivity contribution in [3.05, 3.63) is 29.3 Å². The van der Waals surface area contributed by atoms with Crippen LogP contribution < -0.4 is 10.5 Å². The van der Waals surface area contributed by atoms with E-state index in [1.807, 2.05) is 0 Å². The molecule has 0 bridgehead atoms. The number of ether oxygens (including phenoxy) is 1. The monoisotopic (exact) mass is 195 g/mol. The molecule has 1 aromatic carbocycles. The summed E-state index contributed by atoms with van der Waals surface area (Å²) in [7, 11) is 1.33. The van der Waals surface area contributed by atoms with E-state index >= 15 is 0 Å². The molecule has 0 aliphatic rings. The summed E-state index contributed by atoms with van der Waals surface area (Å²) < 4.78 is 4.81. The van der Waals surface area contributed by atoms with Gasteiger partial charge in [-0.3, -0.25) is 4.79 Å². The van der Waals surface area contributed by atoms with Crippen LogP contribution >= 0.6 is 0 Å². The summed E-state index contributed by atoms with van der Waals surface area (Å²) in [6.07, 6.45) is 0. The fraction of sp³-hybridized carbons (Fsp3) is 0.111. The lowest BCUT2D eigenvalue weighted by molar-refractivity contribution is 0.0688. The third-order valence-electron chi connectivity index (χ3n) is 1.73. The Morgan fingerprint density at radius 2 is 2.07 bits per heavy atom. The van der Waals surface area contributed by atoms with Crippen molar-refractivity contribution in [2.75, 3.05) is 7.11 Å². The maximum Gasteiger partial charge on any atom is 0.340 e. The molecule has 1 amide bonds. The topological polar surface area (TPSA) is 89.6 Å². The van der Waals surface area contributed by atoms with Gasteiger partial charge in [0.2, 0.25) is 5.91 Å². The first kappa shape index (κ1) is 10.0. The van der Waals surface area contributed by atoms with Crippen molar-refractivity contribution in [1.82, 2.24) is 0 Å². The highest BCUT2D eigenvalue weighted by atomic mass is 16.5. The van der Waals surface area contributed by atoms with Crippen LogP contribution in [-0.4, -0.2) is 24.1 Å². The molecular weight excluding hydrogens is 186 g/mol. The van der Waals surface area contributed by atoms with Crippen LogP contribution in [0.15, 0.2) is 18.2 Å². The van der Waals surface area contributed by atoms with Gasteiger partial charge in [-0.2, -0.15) is 0 Å². The highest BCUT2D eigenvalue weighted by Crippen LogP contribution is 2.21. The summed E-state index contributed by atoms with van der Waals surface area (Å²) in [4.78, 5) is 21.7. The summed E-state index contributed by atoms with van der Waals surface area (Å²) in [6.45, 7) is 0. The van der Waals surface area contributed by atoms with Crippen LogP contribution in [0.1, 0.15) is 20.7 Å². The largest absolute Gasteiger partial charge is 0.496 e. The molecule has 5 heteroatoms. The number of hydrogen-bond donors (Lipinski definition) is 2. The van der Waals surface area contributed by atoms with Gasteiger partial charge >= 0.3 is 5.97 Å². The van der Waals surface area contributed by atoms with E-state index in [0.717, 1.165) is 0 Å². The molecule has 0 aromatic heterocycles. The van der Waals surface area contributed by atoms with Crippen molar-refractivity contribution in [3.8, 4) is 5.75 Å². The number of carboxylic acid groups (broad SMARTS) is 1. The van der Waals surface area contributed by atoms with Crippen molar-refractivity contribution in [2.45, 2.75) is 0 Å². The normalized spacial score (nSPS) is 9.50. The van der Waals surface area contributed by atoms with E-state index in [1.54, 1.807) is 0 Å². The van der Waals surface area contributed by atoms with E-state index in [0.29, 0.717) is 0 Å². The zero-order valence-electron chi connectivity index (χ0n) is 7.48. The lowest BCUT2D eigenvalue weighted by Crippen LogP contribution is -2.16. The maximum atomic E-state index is 10.9. The van der Waals surface area contributed by atoms with E-state index in [-0.39, 0.29) is 16.9 Å². The first-order valence-electron chi connectivity index (χ1n) is 3.78. The van der Waals surface area contributed by atoms with E-state index in [1.165, 1.54) is 25.3 Å². The van der Waals surface area contributed by atoms with Crippen molar-refractivity contribution in [3.63, 3.8) is 0 Å². The quantitative estimate of drug-likeness (QED) is 0.734. The third kappa shape index (κ3) is 1.66. The summed E-state index contributed by atoms with van der Waals surface area (Å²) in [5.74, 6) is -1.91. The summed E-state index contributed by atoms with van der Waals surface area (Å²) in [6, 6.07) is 4.30. The van der Waals surface area contributed by atoms with Crippen molar-refractivity contribution < 1.29 is 19.4 Å². The van der Waals surface area contributed by atoms with Crippen LogP contribution in [0, 0.1) is 0 Å². The number of hydrogen-bond acceptors (Lipinski definition) is 3. The Hall–Kier alpha value is -2.04. The minimum Gasteiger partial charge on any atom is -0.496 e. The lowest BCUT2D eigenvalue weighted by Gasteiger charge is -2.07. The second kappa shape index (κ2) is 3.78. The van der Waals surface area contributed by atoms with Crippen LogP contribution in [0.5, 0.6) is 5.75 Å². The molecule has 0 radical (unpaired) electrons. The number of carboxylic acids is 1. The number of benzene rings is 1. The Morgan fingerprint density at radius 1 is 1.43 bits per heavy atom.